The van der Waals surface area contributed by atoms with Crippen molar-refractivity contribution >= 4 is 0 Å². The zero-order chi connectivity index (χ0) is 12.8. The van der Waals surface area contributed by atoms with Crippen LogP contribution in [-0.4, -0.2) is 16.5 Å². The van der Waals surface area contributed by atoms with E-state index in [2.05, 4.69) is 21.2 Å². The Bertz CT molecular complexity index is 471. The van der Waals surface area contributed by atoms with Crippen molar-refractivity contribution in [1.82, 2.24) is 15.3 Å². The topological polar surface area (TPSA) is 57.8 Å². The minimum atomic E-state index is -0.0630. The van der Waals surface area contributed by atoms with Gasteiger partial charge in [-0.05, 0) is 33.7 Å². The summed E-state index contributed by atoms with van der Waals surface area (Å²) in [5.74, 6) is 3.24. The third kappa shape index (κ3) is 3.72. The first kappa shape index (κ1) is 13.5. The normalized spacial score (nSPS) is 12.1. The van der Waals surface area contributed by atoms with Crippen LogP contribution in [0.5, 0.6) is 0 Å². The molecule has 0 aliphatic carbocycles. The van der Waals surface area contributed by atoms with Gasteiger partial charge in [0.15, 0.2) is 0 Å². The molecule has 1 unspecified atom stereocenters. The van der Waals surface area contributed by atoms with E-state index in [0.29, 0.717) is 11.4 Å². The Morgan fingerprint density at radius 3 is 2.82 bits per heavy atom. The molecule has 17 heavy (non-hydrogen) atoms. The van der Waals surface area contributed by atoms with Crippen LogP contribution in [-0.2, 0) is 0 Å². The molecule has 0 aliphatic rings. The molecule has 2 N–H and O–H groups in total. The summed E-state index contributed by atoms with van der Waals surface area (Å²) in [7, 11) is 0. The average Bonchev–Trinajstić information content (AvgIpc) is 2.23. The molecule has 0 amide bonds. The van der Waals surface area contributed by atoms with E-state index in [9.17, 15) is 4.79 Å². The standard InChI is InChI=1S/C13H19N3O/c1-5-6-7-8-14-9(2)12-10(3)15-11(4)16-13(12)17/h1,9,14H,6-8H2,2-4H3,(H,15,16,17). The molecule has 1 atom stereocenters. The molecule has 1 rings (SSSR count). The maximum absolute atomic E-state index is 11.8. The van der Waals surface area contributed by atoms with E-state index in [4.69, 9.17) is 6.42 Å². The fourth-order valence-electron chi connectivity index (χ4n) is 1.86. The van der Waals surface area contributed by atoms with Gasteiger partial charge in [0.1, 0.15) is 5.82 Å². The molecule has 0 radical (unpaired) electrons. The summed E-state index contributed by atoms with van der Waals surface area (Å²) < 4.78 is 0. The number of aromatic nitrogens is 2. The summed E-state index contributed by atoms with van der Waals surface area (Å²) in [5, 5.41) is 3.28. The lowest BCUT2D eigenvalue weighted by Crippen LogP contribution is -2.28. The lowest BCUT2D eigenvalue weighted by atomic mass is 10.1. The highest BCUT2D eigenvalue weighted by atomic mass is 16.1. The molecule has 1 aromatic heterocycles. The van der Waals surface area contributed by atoms with Crippen molar-refractivity contribution in [2.75, 3.05) is 6.54 Å². The molecule has 0 spiro atoms. The first-order valence-electron chi connectivity index (χ1n) is 5.80. The third-order valence-corrected chi connectivity index (χ3v) is 2.65. The predicted molar refractivity (Wildman–Crippen MR) is 68.8 cm³/mol. The van der Waals surface area contributed by atoms with Gasteiger partial charge in [-0.25, -0.2) is 4.98 Å². The number of aromatic amines is 1. The number of terminal acetylenes is 1. The van der Waals surface area contributed by atoms with Gasteiger partial charge in [-0.1, -0.05) is 0 Å². The quantitative estimate of drug-likeness (QED) is 0.598. The summed E-state index contributed by atoms with van der Waals surface area (Å²) in [6.07, 6.45) is 6.84. The van der Waals surface area contributed by atoms with Crippen LogP contribution >= 0.6 is 0 Å². The smallest absolute Gasteiger partial charge is 0.255 e. The molecule has 0 fully saturated rings. The van der Waals surface area contributed by atoms with E-state index >= 15 is 0 Å². The first-order chi connectivity index (χ1) is 8.06. The van der Waals surface area contributed by atoms with Crippen molar-refractivity contribution in [3.8, 4) is 12.3 Å². The van der Waals surface area contributed by atoms with Crippen LogP contribution in [0.1, 0.15) is 42.9 Å². The lowest BCUT2D eigenvalue weighted by Gasteiger charge is -2.14. The van der Waals surface area contributed by atoms with Gasteiger partial charge in [0.05, 0.1) is 5.56 Å². The highest BCUT2D eigenvalue weighted by molar-refractivity contribution is 5.19. The van der Waals surface area contributed by atoms with Crippen LogP contribution < -0.4 is 10.9 Å². The second-order valence-corrected chi connectivity index (χ2v) is 4.13. The molecule has 4 heteroatoms. The predicted octanol–water partition coefficient (Wildman–Crippen LogP) is 1.45. The second-order valence-electron chi connectivity index (χ2n) is 4.13. The molecule has 0 aromatic carbocycles. The van der Waals surface area contributed by atoms with E-state index in [0.717, 1.165) is 25.1 Å². The highest BCUT2D eigenvalue weighted by Crippen LogP contribution is 2.10. The maximum Gasteiger partial charge on any atom is 0.255 e. The van der Waals surface area contributed by atoms with Gasteiger partial charge in [-0.15, -0.1) is 12.3 Å². The molecule has 1 aromatic rings. The van der Waals surface area contributed by atoms with Gasteiger partial charge in [0, 0.05) is 18.2 Å². The SMILES string of the molecule is C#CCCCNC(C)c1c(C)nc(C)[nH]c1=O. The number of rotatable bonds is 5. The van der Waals surface area contributed by atoms with Gasteiger partial charge in [-0.2, -0.15) is 0 Å². The minimum absolute atomic E-state index is 0.00961. The Morgan fingerprint density at radius 1 is 1.53 bits per heavy atom. The fraction of sp³-hybridized carbons (Fsp3) is 0.538. The Balaban J connectivity index is 2.73. The van der Waals surface area contributed by atoms with Gasteiger partial charge in [0.25, 0.3) is 5.56 Å². The minimum Gasteiger partial charge on any atom is -0.310 e. The zero-order valence-corrected chi connectivity index (χ0v) is 10.6. The lowest BCUT2D eigenvalue weighted by molar-refractivity contribution is 0.552. The van der Waals surface area contributed by atoms with Crippen molar-refractivity contribution in [2.24, 2.45) is 0 Å². The summed E-state index contributed by atoms with van der Waals surface area (Å²) in [6.45, 7) is 6.41. The number of H-pyrrole nitrogens is 1. The molecular weight excluding hydrogens is 214 g/mol. The molecular formula is C13H19N3O. The number of nitrogens with one attached hydrogen (secondary N) is 2. The number of hydrogen-bond acceptors (Lipinski definition) is 3. The summed E-state index contributed by atoms with van der Waals surface area (Å²) in [5.41, 5.74) is 1.42. The highest BCUT2D eigenvalue weighted by Gasteiger charge is 2.13. The number of aryl methyl sites for hydroxylation is 2. The Kier molecular flexibility index (Phi) is 4.92. The van der Waals surface area contributed by atoms with E-state index in [1.54, 1.807) is 6.92 Å². The van der Waals surface area contributed by atoms with E-state index in [1.807, 2.05) is 13.8 Å². The van der Waals surface area contributed by atoms with Crippen molar-refractivity contribution in [3.05, 3.63) is 27.4 Å². The van der Waals surface area contributed by atoms with E-state index < -0.39 is 0 Å². The number of unbranched alkanes of at least 4 members (excludes halogenated alkanes) is 1. The van der Waals surface area contributed by atoms with Crippen LogP contribution in [0.15, 0.2) is 4.79 Å². The Hall–Kier alpha value is -1.60. The number of nitrogens with zero attached hydrogens (tertiary/aromatic N) is 1. The second kappa shape index (κ2) is 6.21. The fourth-order valence-corrected chi connectivity index (χ4v) is 1.86. The van der Waals surface area contributed by atoms with Gasteiger partial charge >= 0.3 is 0 Å². The van der Waals surface area contributed by atoms with Crippen molar-refractivity contribution in [1.29, 1.82) is 0 Å². The Labute approximate surface area is 102 Å². The molecule has 0 saturated heterocycles. The molecule has 1 heterocycles. The molecule has 0 saturated carbocycles. The summed E-state index contributed by atoms with van der Waals surface area (Å²) in [6, 6.07) is -0.00961. The zero-order valence-electron chi connectivity index (χ0n) is 10.6. The van der Waals surface area contributed by atoms with Crippen molar-refractivity contribution in [2.45, 2.75) is 39.7 Å². The van der Waals surface area contributed by atoms with Gasteiger partial charge < -0.3 is 10.3 Å². The molecule has 0 bridgehead atoms. The van der Waals surface area contributed by atoms with Crippen LogP contribution in [0.3, 0.4) is 0 Å². The molecule has 92 valence electrons. The van der Waals surface area contributed by atoms with Crippen LogP contribution in [0.4, 0.5) is 0 Å². The maximum atomic E-state index is 11.8. The monoisotopic (exact) mass is 233 g/mol. The largest absolute Gasteiger partial charge is 0.310 e. The third-order valence-electron chi connectivity index (χ3n) is 2.65. The van der Waals surface area contributed by atoms with Crippen molar-refractivity contribution in [3.63, 3.8) is 0 Å². The number of hydrogen-bond donors (Lipinski definition) is 2. The van der Waals surface area contributed by atoms with Crippen LogP contribution in [0, 0.1) is 26.2 Å². The summed E-state index contributed by atoms with van der Waals surface area (Å²) >= 11 is 0. The van der Waals surface area contributed by atoms with Gasteiger partial charge in [-0.3, -0.25) is 4.79 Å². The average molecular weight is 233 g/mol. The van der Waals surface area contributed by atoms with Crippen LogP contribution in [0.2, 0.25) is 0 Å². The molecule has 0 aliphatic heterocycles. The first-order valence-corrected chi connectivity index (χ1v) is 5.80. The Morgan fingerprint density at radius 2 is 2.24 bits per heavy atom. The van der Waals surface area contributed by atoms with E-state index in [1.165, 1.54) is 0 Å². The molecule has 4 nitrogen and oxygen atoms in total. The van der Waals surface area contributed by atoms with Crippen molar-refractivity contribution < 1.29 is 0 Å². The van der Waals surface area contributed by atoms with Gasteiger partial charge in [0.2, 0.25) is 0 Å². The van der Waals surface area contributed by atoms with Crippen LogP contribution in [0.25, 0.3) is 0 Å². The summed E-state index contributed by atoms with van der Waals surface area (Å²) in [4.78, 5) is 18.8. The van der Waals surface area contributed by atoms with E-state index in [-0.39, 0.29) is 11.6 Å².